The maximum atomic E-state index is 15.7. The van der Waals surface area contributed by atoms with Crippen LogP contribution in [0.3, 0.4) is 0 Å². The fourth-order valence-electron chi connectivity index (χ4n) is 8.89. The summed E-state index contributed by atoms with van der Waals surface area (Å²) in [6.07, 6.45) is -10.4. The number of carbonyl (C=O) groups excluding carboxylic acids is 1. The first-order chi connectivity index (χ1) is 26.4. The number of nitrogens with zero attached hydrogens (tertiary/aromatic N) is 6. The number of benzene rings is 2. The van der Waals surface area contributed by atoms with Gasteiger partial charge in [-0.1, -0.05) is 6.07 Å². The first-order valence-electron chi connectivity index (χ1n) is 17.9. The average molecular weight is 812 g/mol. The van der Waals surface area contributed by atoms with Crippen molar-refractivity contribution < 1.29 is 49.4 Å². The number of hydrogen-bond acceptors (Lipinski definition) is 10. The van der Waals surface area contributed by atoms with Gasteiger partial charge < -0.3 is 25.0 Å². The van der Waals surface area contributed by atoms with Crippen LogP contribution in [0.1, 0.15) is 56.2 Å². The molecule has 2 aromatic heterocycles. The summed E-state index contributed by atoms with van der Waals surface area (Å²) < 4.78 is 134. The summed E-state index contributed by atoms with van der Waals surface area (Å²) in [5.41, 5.74) is -1.90. The van der Waals surface area contributed by atoms with E-state index in [1.807, 2.05) is 4.90 Å². The van der Waals surface area contributed by atoms with Crippen molar-refractivity contribution >= 4 is 49.1 Å². The second kappa shape index (κ2) is 14.4. The highest BCUT2D eigenvalue weighted by molar-refractivity contribution is 7.23. The Morgan fingerprint density at radius 2 is 1.93 bits per heavy atom. The third-order valence-corrected chi connectivity index (χ3v) is 12.3. The van der Waals surface area contributed by atoms with Crippen LogP contribution in [-0.4, -0.2) is 96.0 Å². The van der Waals surface area contributed by atoms with E-state index in [-0.39, 0.29) is 56.0 Å². The summed E-state index contributed by atoms with van der Waals surface area (Å²) in [4.78, 5) is 26.5. The Morgan fingerprint density at radius 3 is 2.59 bits per heavy atom. The van der Waals surface area contributed by atoms with Crippen LogP contribution in [0.5, 0.6) is 6.01 Å². The molecule has 0 bridgehead atoms. The van der Waals surface area contributed by atoms with Gasteiger partial charge in [0.15, 0.2) is 0 Å². The highest BCUT2D eigenvalue weighted by Gasteiger charge is 2.50. The number of likely N-dealkylation sites (tertiary alicyclic amines) is 1. The molecule has 1 amide bonds. The number of anilines is 2. The molecule has 2 N–H and O–H groups in total. The van der Waals surface area contributed by atoms with Crippen LogP contribution >= 0.6 is 11.3 Å². The molecule has 2 aromatic carbocycles. The summed E-state index contributed by atoms with van der Waals surface area (Å²) in [5.74, 6) is -1.64. The van der Waals surface area contributed by atoms with Crippen LogP contribution in [0, 0.1) is 17.1 Å². The molecular weight excluding hydrogens is 775 g/mol. The number of amides is 1. The second-order valence-corrected chi connectivity index (χ2v) is 15.5. The van der Waals surface area contributed by atoms with E-state index in [0.29, 0.717) is 36.8 Å². The van der Waals surface area contributed by atoms with E-state index >= 15 is 30.7 Å². The van der Waals surface area contributed by atoms with Crippen LogP contribution < -0.4 is 15.4 Å². The van der Waals surface area contributed by atoms with E-state index in [4.69, 9.17) is 15.2 Å². The minimum atomic E-state index is -5.53. The van der Waals surface area contributed by atoms with Crippen LogP contribution in [-0.2, 0) is 21.9 Å². The lowest BCUT2D eigenvalue weighted by Crippen LogP contribution is -2.46. The molecule has 0 unspecified atom stereocenters. The van der Waals surface area contributed by atoms with Crippen LogP contribution in [0.2, 0.25) is 0 Å². The number of thiophene rings is 1. The fourth-order valence-corrected chi connectivity index (χ4v) is 9.84. The summed E-state index contributed by atoms with van der Waals surface area (Å²) >= 11 is 0.525. The number of methoxy groups -OCH3 is 1. The fraction of sp³-hybridized carbons (Fsp3) is 0.514. The molecule has 3 aliphatic heterocycles. The van der Waals surface area contributed by atoms with E-state index in [2.05, 4.69) is 9.97 Å². The zero-order valence-electron chi connectivity index (χ0n) is 30.5. The molecule has 5 heterocycles. The first-order valence-corrected chi connectivity index (χ1v) is 18.8. The predicted octanol–water partition coefficient (Wildman–Crippen LogP) is 7.56. The number of halogens is 8. The van der Waals surface area contributed by atoms with E-state index in [0.717, 1.165) is 18.6 Å². The van der Waals surface area contributed by atoms with Gasteiger partial charge in [-0.2, -0.15) is 41.6 Å². The normalized spacial score (nSPS) is 23.0. The van der Waals surface area contributed by atoms with Crippen molar-refractivity contribution in [3.63, 3.8) is 0 Å². The van der Waals surface area contributed by atoms with Gasteiger partial charge in [0.2, 0.25) is 5.91 Å². The largest absolute Gasteiger partial charge is 0.461 e. The molecule has 7 rings (SSSR count). The lowest BCUT2D eigenvalue weighted by molar-refractivity contribution is -0.141. The maximum absolute atomic E-state index is 15.7. The Balaban J connectivity index is 1.52. The van der Waals surface area contributed by atoms with E-state index in [9.17, 15) is 14.4 Å². The molecular formula is C37H37F8N7O3S. The van der Waals surface area contributed by atoms with Gasteiger partial charge in [0, 0.05) is 55.5 Å². The van der Waals surface area contributed by atoms with Gasteiger partial charge in [0.05, 0.1) is 38.5 Å². The molecule has 4 atom stereocenters. The second-order valence-electron chi connectivity index (χ2n) is 14.4. The van der Waals surface area contributed by atoms with Crippen molar-refractivity contribution in [2.45, 2.75) is 75.7 Å². The number of ether oxygens (including phenoxy) is 2. The van der Waals surface area contributed by atoms with E-state index < -0.39 is 96.8 Å². The zero-order chi connectivity index (χ0) is 40.5. The molecule has 3 saturated heterocycles. The lowest BCUT2D eigenvalue weighted by atomic mass is 9.88. The summed E-state index contributed by atoms with van der Waals surface area (Å²) in [5, 5.41) is 8.50. The van der Waals surface area contributed by atoms with Gasteiger partial charge in [-0.25, -0.2) is 8.78 Å². The van der Waals surface area contributed by atoms with Crippen LogP contribution in [0.15, 0.2) is 18.2 Å². The number of fused-ring (bicyclic) bond motifs is 3. The van der Waals surface area contributed by atoms with Crippen LogP contribution in [0.4, 0.5) is 45.9 Å². The molecule has 0 spiro atoms. The number of aromatic nitrogens is 2. The first kappa shape index (κ1) is 39.7. The minimum absolute atomic E-state index is 0.0386. The molecule has 10 nitrogen and oxygen atoms in total. The van der Waals surface area contributed by atoms with Crippen LogP contribution in [0.25, 0.3) is 32.1 Å². The Morgan fingerprint density at radius 1 is 1.18 bits per heavy atom. The van der Waals surface area contributed by atoms with Crippen molar-refractivity contribution in [2.75, 3.05) is 57.1 Å². The highest BCUT2D eigenvalue weighted by Crippen LogP contribution is 2.52. The Bertz CT molecular complexity index is 2240. The molecule has 3 aliphatic rings. The Hall–Kier alpha value is -4.54. The number of nitriles is 1. The highest BCUT2D eigenvalue weighted by atomic mass is 32.1. The quantitative estimate of drug-likeness (QED) is 0.171. The molecule has 0 saturated carbocycles. The summed E-state index contributed by atoms with van der Waals surface area (Å²) in [6.45, 7) is 3.95. The molecule has 4 aromatic rings. The lowest BCUT2D eigenvalue weighted by Gasteiger charge is -2.35. The van der Waals surface area contributed by atoms with Crippen molar-refractivity contribution in [2.24, 2.45) is 0 Å². The van der Waals surface area contributed by atoms with E-state index in [1.54, 1.807) is 24.8 Å². The van der Waals surface area contributed by atoms with Gasteiger partial charge >= 0.3 is 18.4 Å². The maximum Gasteiger partial charge on any atom is 0.419 e. The van der Waals surface area contributed by atoms with Gasteiger partial charge in [-0.15, -0.1) is 11.3 Å². The SMILES string of the molecule is CCN(c1nc(OC[C@@]23CCCN2C[C@H](F)C3)nc2c(C(F)(F)F)c(-c3ccc(F)c4sc(N)c(C#N)c34)c(C(F)(F)F)cc12)[C@H]1CCN(C(=O)COC)[C@@H]1C. The molecule has 0 aliphatic carbocycles. The number of rotatable bonds is 9. The number of nitrogens with two attached hydrogens (primary N) is 1. The van der Waals surface area contributed by atoms with Crippen molar-refractivity contribution in [1.29, 1.82) is 5.26 Å². The molecule has 300 valence electrons. The summed E-state index contributed by atoms with van der Waals surface area (Å²) in [7, 11) is 1.35. The van der Waals surface area contributed by atoms with E-state index in [1.165, 1.54) is 12.0 Å². The number of likely N-dealkylation sites (N-methyl/N-ethyl adjacent to an activating group) is 1. The monoisotopic (exact) mass is 811 g/mol. The number of hydrogen-bond donors (Lipinski definition) is 1. The van der Waals surface area contributed by atoms with Gasteiger partial charge in [0.25, 0.3) is 0 Å². The molecule has 3 fully saturated rings. The Kier molecular flexibility index (Phi) is 10.2. The molecule has 19 heteroatoms. The third-order valence-electron chi connectivity index (χ3n) is 11.3. The predicted molar refractivity (Wildman–Crippen MR) is 192 cm³/mol. The van der Waals surface area contributed by atoms with Crippen molar-refractivity contribution in [1.82, 2.24) is 19.8 Å². The molecule has 0 radical (unpaired) electrons. The topological polar surface area (TPSA) is 121 Å². The minimum Gasteiger partial charge on any atom is -0.461 e. The number of alkyl halides is 7. The third kappa shape index (κ3) is 6.62. The standard InChI is InChI=1S/C37H37F8N7O3S/c1-4-51(25-8-11-52(18(25)2)26(53)16-54-3)33-21-12-23(36(40,41)42)28(20-6-7-24(39)31-27(20)22(14-46)32(47)56-31)29(37(43,44)45)30(21)48-34(49-33)55-17-35-9-5-10-50(35)15-19(38)13-35/h6-7,12,18-19,25H,4-5,8-11,13,15-17,47H2,1-3H3/t18-,19-,25+,35+/m1/s1. The van der Waals surface area contributed by atoms with Crippen molar-refractivity contribution in [3.05, 3.63) is 40.7 Å². The van der Waals surface area contributed by atoms with Gasteiger partial charge in [-0.05, 0) is 57.4 Å². The van der Waals surface area contributed by atoms with Gasteiger partial charge in [-0.3, -0.25) is 9.69 Å². The van der Waals surface area contributed by atoms with Gasteiger partial charge in [0.1, 0.15) is 42.1 Å². The Labute approximate surface area is 319 Å². The number of carbonyl (C=O) groups is 1. The average Bonchev–Trinajstić information content (AvgIpc) is 3.87. The molecule has 56 heavy (non-hydrogen) atoms. The summed E-state index contributed by atoms with van der Waals surface area (Å²) in [6, 6.07) is 1.97. The van der Waals surface area contributed by atoms with Crippen molar-refractivity contribution in [3.8, 4) is 23.2 Å². The zero-order valence-corrected chi connectivity index (χ0v) is 31.3. The smallest absolute Gasteiger partial charge is 0.419 e. The number of nitrogen functional groups attached to an aromatic ring is 1.